The molecule has 82 valence electrons. The van der Waals surface area contributed by atoms with Gasteiger partial charge in [0.2, 0.25) is 0 Å². The van der Waals surface area contributed by atoms with Crippen molar-refractivity contribution in [2.24, 2.45) is 7.05 Å². The van der Waals surface area contributed by atoms with Crippen LogP contribution >= 0.6 is 0 Å². The Morgan fingerprint density at radius 1 is 1.80 bits per heavy atom. The van der Waals surface area contributed by atoms with Gasteiger partial charge in [-0.25, -0.2) is 4.79 Å². The van der Waals surface area contributed by atoms with Crippen molar-refractivity contribution in [2.45, 2.75) is 26.4 Å². The van der Waals surface area contributed by atoms with Crippen LogP contribution in [0.15, 0.2) is 18.9 Å². The van der Waals surface area contributed by atoms with E-state index < -0.39 is 0 Å². The first-order valence-electron chi connectivity index (χ1n) is 4.94. The summed E-state index contributed by atoms with van der Waals surface area (Å²) in [7, 11) is 1.78. The second-order valence-electron chi connectivity index (χ2n) is 3.36. The van der Waals surface area contributed by atoms with Gasteiger partial charge >= 0.3 is 5.97 Å². The lowest BCUT2D eigenvalue weighted by Crippen LogP contribution is -2.13. The van der Waals surface area contributed by atoms with Crippen LogP contribution in [0.2, 0.25) is 0 Å². The fourth-order valence-electron chi connectivity index (χ4n) is 1.25. The Balaban J connectivity index is 2.85. The first-order chi connectivity index (χ1) is 7.08. The van der Waals surface area contributed by atoms with E-state index in [0.717, 1.165) is 5.69 Å². The fourth-order valence-corrected chi connectivity index (χ4v) is 1.25. The predicted octanol–water partition coefficient (Wildman–Crippen LogP) is 1.71. The molecule has 15 heavy (non-hydrogen) atoms. The highest BCUT2D eigenvalue weighted by Crippen LogP contribution is 2.10. The van der Waals surface area contributed by atoms with Gasteiger partial charge in [-0.3, -0.25) is 4.68 Å². The van der Waals surface area contributed by atoms with Gasteiger partial charge in [-0.2, -0.15) is 5.10 Å². The Bertz CT molecular complexity index is 369. The van der Waals surface area contributed by atoms with Crippen LogP contribution in [-0.4, -0.2) is 21.9 Å². The molecule has 0 aliphatic heterocycles. The van der Waals surface area contributed by atoms with Crippen molar-refractivity contribution in [2.75, 3.05) is 0 Å². The van der Waals surface area contributed by atoms with E-state index in [-0.39, 0.29) is 12.1 Å². The molecule has 1 heterocycles. The van der Waals surface area contributed by atoms with Gasteiger partial charge in [-0.15, -0.1) is 0 Å². The highest BCUT2D eigenvalue weighted by atomic mass is 16.5. The minimum absolute atomic E-state index is 0.276. The van der Waals surface area contributed by atoms with Crippen molar-refractivity contribution < 1.29 is 9.53 Å². The van der Waals surface area contributed by atoms with Crippen LogP contribution in [-0.2, 0) is 18.2 Å². The normalized spacial score (nSPS) is 12.2. The zero-order chi connectivity index (χ0) is 11.4. The van der Waals surface area contributed by atoms with Gasteiger partial charge in [0.15, 0.2) is 0 Å². The van der Waals surface area contributed by atoms with Crippen LogP contribution in [0.4, 0.5) is 0 Å². The zero-order valence-electron chi connectivity index (χ0n) is 9.36. The lowest BCUT2D eigenvalue weighted by atomic mass is 10.2. The van der Waals surface area contributed by atoms with Crippen LogP contribution in [0.5, 0.6) is 0 Å². The van der Waals surface area contributed by atoms with Crippen LogP contribution in [0.3, 0.4) is 0 Å². The number of aromatic nitrogens is 2. The number of hydrogen-bond acceptors (Lipinski definition) is 3. The summed E-state index contributed by atoms with van der Waals surface area (Å²) in [6, 6.07) is 0. The second kappa shape index (κ2) is 4.77. The van der Waals surface area contributed by atoms with Gasteiger partial charge in [0.1, 0.15) is 11.7 Å². The van der Waals surface area contributed by atoms with Crippen molar-refractivity contribution in [3.05, 3.63) is 30.1 Å². The molecule has 0 spiro atoms. The number of carbonyl (C=O) groups is 1. The number of nitrogens with zero attached hydrogens (tertiary/aromatic N) is 2. The van der Waals surface area contributed by atoms with Crippen molar-refractivity contribution in [3.8, 4) is 0 Å². The van der Waals surface area contributed by atoms with Crippen molar-refractivity contribution in [1.29, 1.82) is 0 Å². The van der Waals surface area contributed by atoms with Gasteiger partial charge < -0.3 is 4.74 Å². The van der Waals surface area contributed by atoms with Crippen LogP contribution in [0.25, 0.3) is 0 Å². The lowest BCUT2D eigenvalue weighted by Gasteiger charge is -2.07. The highest BCUT2D eigenvalue weighted by molar-refractivity contribution is 5.90. The van der Waals surface area contributed by atoms with E-state index in [1.165, 1.54) is 0 Å². The molecule has 1 aromatic heterocycles. The van der Waals surface area contributed by atoms with E-state index >= 15 is 0 Å². The first-order valence-corrected chi connectivity index (χ1v) is 4.94. The van der Waals surface area contributed by atoms with Crippen LogP contribution < -0.4 is 0 Å². The monoisotopic (exact) mass is 208 g/mol. The average molecular weight is 208 g/mol. The van der Waals surface area contributed by atoms with Crippen molar-refractivity contribution >= 4 is 5.97 Å². The third-order valence-electron chi connectivity index (χ3n) is 2.08. The number of hydrogen-bond donors (Lipinski definition) is 0. The van der Waals surface area contributed by atoms with Gasteiger partial charge in [0.05, 0.1) is 5.69 Å². The van der Waals surface area contributed by atoms with E-state index in [2.05, 4.69) is 11.7 Å². The van der Waals surface area contributed by atoms with Crippen LogP contribution in [0, 0.1) is 0 Å². The molecule has 1 aromatic rings. The van der Waals surface area contributed by atoms with Crippen LogP contribution in [0.1, 0.15) is 29.9 Å². The summed E-state index contributed by atoms with van der Waals surface area (Å²) in [6.45, 7) is 7.28. The molecule has 4 nitrogen and oxygen atoms in total. The Kier molecular flexibility index (Phi) is 3.66. The largest absolute Gasteiger partial charge is 0.455 e. The number of carbonyl (C=O) groups excluding carboxylic acids is 1. The second-order valence-corrected chi connectivity index (χ2v) is 3.36. The Morgan fingerprint density at radius 3 is 3.00 bits per heavy atom. The molecule has 0 aliphatic carbocycles. The smallest absolute Gasteiger partial charge is 0.342 e. The quantitative estimate of drug-likeness (QED) is 0.559. The maximum atomic E-state index is 11.7. The van der Waals surface area contributed by atoms with Gasteiger partial charge in [-0.1, -0.05) is 19.6 Å². The number of ether oxygens (including phenoxy) is 1. The number of rotatable bonds is 4. The highest BCUT2D eigenvalue weighted by Gasteiger charge is 2.16. The molecule has 0 aliphatic rings. The summed E-state index contributed by atoms with van der Waals surface area (Å²) in [5, 5.41) is 4.17. The van der Waals surface area contributed by atoms with E-state index in [4.69, 9.17) is 4.74 Å². The standard InChI is InChI=1S/C11H16N2O2/c1-5-8(3)15-11(14)9-7-13(4)12-10(9)6-2/h5,7-8H,1,6H2,2-4H3. The van der Waals surface area contributed by atoms with E-state index in [0.29, 0.717) is 12.0 Å². The minimum Gasteiger partial charge on any atom is -0.455 e. The molecule has 4 heteroatoms. The molecule has 0 bridgehead atoms. The number of esters is 1. The summed E-state index contributed by atoms with van der Waals surface area (Å²) in [5.41, 5.74) is 1.30. The summed E-state index contributed by atoms with van der Waals surface area (Å²) in [5.74, 6) is -0.340. The molecular weight excluding hydrogens is 192 g/mol. The van der Waals surface area contributed by atoms with Gasteiger partial charge in [0.25, 0.3) is 0 Å². The van der Waals surface area contributed by atoms with Gasteiger partial charge in [0, 0.05) is 13.2 Å². The molecular formula is C11H16N2O2. The molecule has 0 saturated carbocycles. The third-order valence-corrected chi connectivity index (χ3v) is 2.08. The molecule has 0 aromatic carbocycles. The summed E-state index contributed by atoms with van der Waals surface area (Å²) < 4.78 is 6.75. The van der Waals surface area contributed by atoms with Gasteiger partial charge in [-0.05, 0) is 13.3 Å². The summed E-state index contributed by atoms with van der Waals surface area (Å²) >= 11 is 0. The van der Waals surface area contributed by atoms with E-state index in [1.807, 2.05) is 6.92 Å². The summed E-state index contributed by atoms with van der Waals surface area (Å²) in [6.07, 6.45) is 3.70. The maximum Gasteiger partial charge on any atom is 0.342 e. The zero-order valence-corrected chi connectivity index (χ0v) is 9.36. The average Bonchev–Trinajstić information content (AvgIpc) is 2.59. The van der Waals surface area contributed by atoms with E-state index in [1.54, 1.807) is 30.9 Å². The molecule has 0 radical (unpaired) electrons. The lowest BCUT2D eigenvalue weighted by molar-refractivity contribution is 0.0424. The molecule has 1 rings (SSSR count). The maximum absolute atomic E-state index is 11.7. The number of aryl methyl sites for hydroxylation is 2. The van der Waals surface area contributed by atoms with E-state index in [9.17, 15) is 4.79 Å². The molecule has 0 amide bonds. The molecule has 0 fully saturated rings. The first kappa shape index (κ1) is 11.5. The Morgan fingerprint density at radius 2 is 2.47 bits per heavy atom. The Labute approximate surface area is 89.5 Å². The van der Waals surface area contributed by atoms with Crippen molar-refractivity contribution in [1.82, 2.24) is 9.78 Å². The summed E-state index contributed by atoms with van der Waals surface area (Å²) in [4.78, 5) is 11.7. The Hall–Kier alpha value is -1.58. The minimum atomic E-state index is -0.340. The topological polar surface area (TPSA) is 44.1 Å². The molecule has 0 saturated heterocycles. The fraction of sp³-hybridized carbons (Fsp3) is 0.455. The van der Waals surface area contributed by atoms with Crippen molar-refractivity contribution in [3.63, 3.8) is 0 Å². The molecule has 1 unspecified atom stereocenters. The predicted molar refractivity (Wildman–Crippen MR) is 57.7 cm³/mol. The molecule has 1 atom stereocenters. The molecule has 0 N–H and O–H groups in total. The SMILES string of the molecule is C=CC(C)OC(=O)c1cn(C)nc1CC. The third kappa shape index (κ3) is 2.68.